The summed E-state index contributed by atoms with van der Waals surface area (Å²) in [6.45, 7) is 4.56. The number of ether oxygens (including phenoxy) is 3. The van der Waals surface area contributed by atoms with Gasteiger partial charge < -0.3 is 24.0 Å². The second kappa shape index (κ2) is 15.9. The first kappa shape index (κ1) is 38.3. The van der Waals surface area contributed by atoms with Gasteiger partial charge in [-0.25, -0.2) is 9.00 Å². The first-order valence-corrected chi connectivity index (χ1v) is 19.7. The highest BCUT2D eigenvalue weighted by atomic mass is 35.5. The molecule has 2 aromatic carbocycles. The predicted molar refractivity (Wildman–Crippen MR) is 201 cm³/mol. The molecule has 3 heterocycles. The van der Waals surface area contributed by atoms with Gasteiger partial charge in [0.05, 0.1) is 29.0 Å². The maximum absolute atomic E-state index is 15.0. The molecule has 15 heteroatoms. The number of fused-ring (bicyclic) bond motifs is 3. The zero-order valence-electron chi connectivity index (χ0n) is 30.7. The molecule has 2 bridgehead atoms. The summed E-state index contributed by atoms with van der Waals surface area (Å²) in [5.74, 6) is -0.828. The maximum Gasteiger partial charge on any atom is 0.409 e. The van der Waals surface area contributed by atoms with Gasteiger partial charge in [0.25, 0.3) is 11.8 Å². The third kappa shape index (κ3) is 8.88. The van der Waals surface area contributed by atoms with Gasteiger partial charge in [0.1, 0.15) is 24.1 Å². The number of nitrogens with zero attached hydrogens (tertiary/aromatic N) is 5. The van der Waals surface area contributed by atoms with E-state index in [1.807, 2.05) is 24.3 Å². The molecule has 1 aliphatic carbocycles. The van der Waals surface area contributed by atoms with Crippen molar-refractivity contribution in [2.24, 2.45) is 23.2 Å². The van der Waals surface area contributed by atoms with E-state index in [0.717, 1.165) is 43.2 Å². The van der Waals surface area contributed by atoms with E-state index in [9.17, 15) is 14.4 Å². The van der Waals surface area contributed by atoms with Crippen molar-refractivity contribution in [1.29, 1.82) is 0 Å². The van der Waals surface area contributed by atoms with Crippen molar-refractivity contribution in [2.45, 2.75) is 69.2 Å². The average Bonchev–Trinajstić information content (AvgIpc) is 3.53. The highest BCUT2D eigenvalue weighted by molar-refractivity contribution is 7.92. The van der Waals surface area contributed by atoms with Crippen LogP contribution in [0.25, 0.3) is 0 Å². The quantitative estimate of drug-likeness (QED) is 0.320. The Balaban J connectivity index is 1.48. The van der Waals surface area contributed by atoms with Gasteiger partial charge in [0.2, 0.25) is 0 Å². The standard InChI is InChI=1S/C38H47ClN6O7S/c1-38(2)36(47)42-53(49,41-35(46)28-21-40-44(5)22-28)30-14-16-34-32(20-30)45(17-7-6-9-25-19-29(39)13-11-27(25)24-50-34)23-26-12-15-31(26)33(10-8-18-51-38)52-37(48)43(3)4/h8,10-11,13-14,16,19-22,26,31,33H,6-7,9,12,15,17-18,23-24H2,1-5H3,(H,41,42,46,47,49)/b10-8+/t26-,31+,33-,53?/m0/s1. The van der Waals surface area contributed by atoms with Gasteiger partial charge in [0.15, 0.2) is 9.92 Å². The fourth-order valence-electron chi connectivity index (χ4n) is 6.71. The molecule has 1 fully saturated rings. The van der Waals surface area contributed by atoms with Gasteiger partial charge >= 0.3 is 6.09 Å². The minimum absolute atomic E-state index is 0.000799. The van der Waals surface area contributed by atoms with Crippen LogP contribution in [0.5, 0.6) is 5.75 Å². The lowest BCUT2D eigenvalue weighted by atomic mass is 9.70. The summed E-state index contributed by atoms with van der Waals surface area (Å²) in [5, 5.41) is 4.73. The average molecular weight is 767 g/mol. The molecule has 13 nitrogen and oxygen atoms in total. The third-order valence-corrected chi connectivity index (χ3v) is 12.0. The van der Waals surface area contributed by atoms with E-state index in [-0.39, 0.29) is 35.5 Å². The monoisotopic (exact) mass is 766 g/mol. The molecule has 0 spiro atoms. The van der Waals surface area contributed by atoms with Crippen molar-refractivity contribution < 1.29 is 32.8 Å². The first-order valence-electron chi connectivity index (χ1n) is 17.8. The molecule has 3 amide bonds. The van der Waals surface area contributed by atoms with Gasteiger partial charge in [-0.3, -0.25) is 19.0 Å². The molecule has 1 unspecified atom stereocenters. The minimum atomic E-state index is -3.93. The smallest absolute Gasteiger partial charge is 0.409 e. The number of hydrogen-bond donors (Lipinski definition) is 1. The van der Waals surface area contributed by atoms with Crippen molar-refractivity contribution >= 4 is 45.1 Å². The van der Waals surface area contributed by atoms with E-state index in [4.69, 9.17) is 25.8 Å². The summed E-state index contributed by atoms with van der Waals surface area (Å²) in [4.78, 5) is 43.9. The fourth-order valence-corrected chi connectivity index (χ4v) is 8.52. The summed E-state index contributed by atoms with van der Waals surface area (Å²) in [6.07, 6.45) is 9.73. The second-order valence-electron chi connectivity index (χ2n) is 14.5. The van der Waals surface area contributed by atoms with Crippen LogP contribution >= 0.6 is 11.6 Å². The molecule has 1 N–H and O–H groups in total. The van der Waals surface area contributed by atoms with Crippen LogP contribution in [0.1, 0.15) is 61.0 Å². The number of halogens is 1. The molecule has 4 atom stereocenters. The van der Waals surface area contributed by atoms with Gasteiger partial charge in [-0.1, -0.05) is 23.7 Å². The van der Waals surface area contributed by atoms with E-state index < -0.39 is 39.5 Å². The molecule has 2 aliphatic heterocycles. The van der Waals surface area contributed by atoms with E-state index in [2.05, 4.69) is 19.1 Å². The molecule has 1 saturated carbocycles. The summed E-state index contributed by atoms with van der Waals surface area (Å²) in [5.41, 5.74) is 1.41. The van der Waals surface area contributed by atoms with Crippen LogP contribution in [0.15, 0.2) is 70.2 Å². The van der Waals surface area contributed by atoms with Crippen molar-refractivity contribution in [2.75, 3.05) is 38.7 Å². The number of aryl methyl sites for hydroxylation is 2. The van der Waals surface area contributed by atoms with Crippen LogP contribution in [0.3, 0.4) is 0 Å². The highest BCUT2D eigenvalue weighted by Gasteiger charge is 2.40. The number of benzene rings is 2. The molecule has 0 saturated heterocycles. The zero-order valence-corrected chi connectivity index (χ0v) is 32.3. The number of aromatic nitrogens is 2. The largest absolute Gasteiger partial charge is 0.487 e. The summed E-state index contributed by atoms with van der Waals surface area (Å²) in [7, 11) is 1.02. The topological polar surface area (TPSA) is 145 Å². The van der Waals surface area contributed by atoms with Gasteiger partial charge in [-0.05, 0) is 99.4 Å². The summed E-state index contributed by atoms with van der Waals surface area (Å²) < 4.78 is 41.7. The van der Waals surface area contributed by atoms with Gasteiger partial charge in [-0.15, -0.1) is 4.36 Å². The van der Waals surface area contributed by atoms with Crippen LogP contribution < -0.4 is 14.4 Å². The SMILES string of the molecule is CN(C)C(=O)O[C@H]1/C=C/COC(C)(C)C(=O)N=S(=O)(NC(=O)c2cnn(C)c2)c2ccc3c(c2)N(CCCCc2cc(Cl)ccc2CO3)C[C@@H]2CC[C@H]21. The lowest BCUT2D eigenvalue weighted by molar-refractivity contribution is -0.137. The van der Waals surface area contributed by atoms with Crippen LogP contribution in [0, 0.1) is 11.8 Å². The number of hydrogen-bond acceptors (Lipinski definition) is 9. The number of anilines is 1. The Kier molecular flexibility index (Phi) is 11.5. The first-order chi connectivity index (χ1) is 25.2. The van der Waals surface area contributed by atoms with E-state index >= 15 is 4.21 Å². The Bertz CT molecular complexity index is 2020. The lowest BCUT2D eigenvalue weighted by Crippen LogP contribution is -2.45. The van der Waals surface area contributed by atoms with Crippen molar-refractivity contribution in [1.82, 2.24) is 19.4 Å². The molecule has 0 radical (unpaired) electrons. The van der Waals surface area contributed by atoms with Crippen LogP contribution in [0.2, 0.25) is 5.02 Å². The Morgan fingerprint density at radius 2 is 1.92 bits per heavy atom. The normalized spacial score (nSPS) is 25.1. The molecule has 284 valence electrons. The van der Waals surface area contributed by atoms with Crippen molar-refractivity contribution in [3.63, 3.8) is 0 Å². The number of amides is 3. The highest BCUT2D eigenvalue weighted by Crippen LogP contribution is 2.42. The van der Waals surface area contributed by atoms with Gasteiger partial charge in [0, 0.05) is 51.4 Å². The molecule has 3 aliphatic rings. The zero-order chi connectivity index (χ0) is 37.9. The summed E-state index contributed by atoms with van der Waals surface area (Å²) >= 11 is 6.38. The molecular formula is C38H47ClN6O7S. The molecule has 53 heavy (non-hydrogen) atoms. The Labute approximate surface area is 315 Å². The molecule has 6 rings (SSSR count). The summed E-state index contributed by atoms with van der Waals surface area (Å²) in [6, 6.07) is 10.8. The molecule has 1 aromatic heterocycles. The number of rotatable bonds is 3. The van der Waals surface area contributed by atoms with Crippen LogP contribution in [-0.2, 0) is 44.3 Å². The van der Waals surface area contributed by atoms with Crippen molar-refractivity contribution in [3.05, 3.63) is 82.7 Å². The minimum Gasteiger partial charge on any atom is -0.487 e. The van der Waals surface area contributed by atoms with Crippen LogP contribution in [0.4, 0.5) is 10.5 Å². The van der Waals surface area contributed by atoms with E-state index in [1.165, 1.54) is 35.8 Å². The fraction of sp³-hybridized carbons (Fsp3) is 0.474. The maximum atomic E-state index is 15.0. The number of carbonyl (C=O) groups is 3. The Morgan fingerprint density at radius 3 is 2.64 bits per heavy atom. The molecule has 3 aromatic rings. The van der Waals surface area contributed by atoms with Gasteiger partial charge in [-0.2, -0.15) is 5.10 Å². The van der Waals surface area contributed by atoms with E-state index in [0.29, 0.717) is 29.5 Å². The van der Waals surface area contributed by atoms with E-state index in [1.54, 1.807) is 45.4 Å². The Hall–Kier alpha value is -4.40. The Morgan fingerprint density at radius 1 is 1.11 bits per heavy atom. The second-order valence-corrected chi connectivity index (χ2v) is 16.8. The number of carbonyl (C=O) groups excluding carboxylic acids is 3. The predicted octanol–water partition coefficient (Wildman–Crippen LogP) is 5.95. The number of nitrogens with one attached hydrogen (secondary N) is 1. The molecular weight excluding hydrogens is 720 g/mol. The van der Waals surface area contributed by atoms with Crippen molar-refractivity contribution in [3.8, 4) is 5.75 Å². The van der Waals surface area contributed by atoms with Crippen LogP contribution in [-0.4, -0.2) is 82.3 Å². The lowest BCUT2D eigenvalue weighted by Gasteiger charge is -2.43. The third-order valence-electron chi connectivity index (χ3n) is 10.0.